The predicted octanol–water partition coefficient (Wildman–Crippen LogP) is 3.92. The van der Waals surface area contributed by atoms with Gasteiger partial charge in [0.1, 0.15) is 5.75 Å². The van der Waals surface area contributed by atoms with E-state index in [1.54, 1.807) is 7.11 Å². The van der Waals surface area contributed by atoms with Crippen LogP contribution in [0.1, 0.15) is 17.2 Å². The number of morpholine rings is 1. The van der Waals surface area contributed by atoms with E-state index in [0.717, 1.165) is 37.6 Å². The Balaban J connectivity index is 1.70. The molecule has 2 aromatic carbocycles. The van der Waals surface area contributed by atoms with Crippen LogP contribution in [0, 0.1) is 0 Å². The van der Waals surface area contributed by atoms with Crippen LogP contribution in [0.3, 0.4) is 0 Å². The normalized spacial score (nSPS) is 19.1. The highest BCUT2D eigenvalue weighted by molar-refractivity contribution is 6.31. The molecule has 1 aliphatic heterocycles. The maximum absolute atomic E-state index is 6.37. The topological polar surface area (TPSA) is 21.7 Å². The number of halogens is 1. The molecule has 1 fully saturated rings. The zero-order valence-electron chi connectivity index (χ0n) is 12.7. The van der Waals surface area contributed by atoms with Crippen molar-refractivity contribution in [3.05, 3.63) is 64.7 Å². The van der Waals surface area contributed by atoms with E-state index in [9.17, 15) is 0 Å². The van der Waals surface area contributed by atoms with Crippen LogP contribution in [-0.4, -0.2) is 31.7 Å². The van der Waals surface area contributed by atoms with E-state index < -0.39 is 0 Å². The Morgan fingerprint density at radius 3 is 2.77 bits per heavy atom. The Morgan fingerprint density at radius 1 is 1.23 bits per heavy atom. The number of hydrogen-bond donors (Lipinski definition) is 0. The number of ether oxygens (including phenoxy) is 2. The Labute approximate surface area is 136 Å². The Hall–Kier alpha value is -1.55. The lowest BCUT2D eigenvalue weighted by Crippen LogP contribution is -2.37. The first-order chi connectivity index (χ1) is 10.8. The average Bonchev–Trinajstić information content (AvgIpc) is 2.56. The van der Waals surface area contributed by atoms with Crippen molar-refractivity contribution in [1.82, 2.24) is 4.90 Å². The van der Waals surface area contributed by atoms with Crippen LogP contribution in [0.15, 0.2) is 48.5 Å². The molecule has 0 bridgehead atoms. The molecule has 0 radical (unpaired) electrons. The lowest BCUT2D eigenvalue weighted by Gasteiger charge is -2.33. The van der Waals surface area contributed by atoms with Gasteiger partial charge in [0.05, 0.1) is 24.8 Å². The molecule has 3 nitrogen and oxygen atoms in total. The molecule has 1 saturated heterocycles. The minimum absolute atomic E-state index is 0.0101. The fourth-order valence-electron chi connectivity index (χ4n) is 2.77. The first-order valence-corrected chi connectivity index (χ1v) is 7.85. The fraction of sp³-hybridized carbons (Fsp3) is 0.333. The predicted molar refractivity (Wildman–Crippen MR) is 88.4 cm³/mol. The Kier molecular flexibility index (Phi) is 4.98. The van der Waals surface area contributed by atoms with Crippen molar-refractivity contribution in [1.29, 1.82) is 0 Å². The van der Waals surface area contributed by atoms with Crippen LogP contribution < -0.4 is 4.74 Å². The van der Waals surface area contributed by atoms with E-state index in [-0.39, 0.29) is 6.10 Å². The van der Waals surface area contributed by atoms with Gasteiger partial charge in [-0.1, -0.05) is 48.0 Å². The van der Waals surface area contributed by atoms with Gasteiger partial charge in [-0.2, -0.15) is 0 Å². The summed E-state index contributed by atoms with van der Waals surface area (Å²) in [5, 5.41) is 0.700. The molecule has 4 heteroatoms. The molecule has 0 spiro atoms. The highest BCUT2D eigenvalue weighted by atomic mass is 35.5. The van der Waals surface area contributed by atoms with Crippen LogP contribution in [-0.2, 0) is 11.3 Å². The summed E-state index contributed by atoms with van der Waals surface area (Å²) in [6, 6.07) is 16.3. The standard InChI is InChI=1S/C18H20ClNO2/c1-21-15-7-8-16(17(19)11-15)18-13-20(9-10-22-18)12-14-5-3-2-4-6-14/h2-8,11,18H,9-10,12-13H2,1H3. The van der Waals surface area contributed by atoms with Crippen molar-refractivity contribution in [2.75, 3.05) is 26.8 Å². The summed E-state index contributed by atoms with van der Waals surface area (Å²) in [7, 11) is 1.64. The molecule has 1 atom stereocenters. The van der Waals surface area contributed by atoms with E-state index in [1.165, 1.54) is 5.56 Å². The second-order valence-electron chi connectivity index (χ2n) is 5.47. The molecule has 116 valence electrons. The van der Waals surface area contributed by atoms with Crippen molar-refractivity contribution in [2.24, 2.45) is 0 Å². The minimum atomic E-state index is 0.0101. The molecule has 1 aliphatic rings. The summed E-state index contributed by atoms with van der Waals surface area (Å²) in [5.41, 5.74) is 2.35. The van der Waals surface area contributed by atoms with E-state index in [0.29, 0.717) is 5.02 Å². The van der Waals surface area contributed by atoms with Crippen LogP contribution >= 0.6 is 11.6 Å². The van der Waals surface area contributed by atoms with Gasteiger partial charge < -0.3 is 9.47 Å². The van der Waals surface area contributed by atoms with Crippen LogP contribution in [0.2, 0.25) is 5.02 Å². The van der Waals surface area contributed by atoms with Crippen LogP contribution in [0.4, 0.5) is 0 Å². The monoisotopic (exact) mass is 317 g/mol. The quantitative estimate of drug-likeness (QED) is 0.853. The summed E-state index contributed by atoms with van der Waals surface area (Å²) in [4.78, 5) is 2.41. The molecular weight excluding hydrogens is 298 g/mol. The minimum Gasteiger partial charge on any atom is -0.497 e. The number of hydrogen-bond acceptors (Lipinski definition) is 3. The molecule has 0 saturated carbocycles. The second-order valence-corrected chi connectivity index (χ2v) is 5.87. The number of nitrogens with zero attached hydrogens (tertiary/aromatic N) is 1. The molecule has 2 aromatic rings. The Bertz CT molecular complexity index is 618. The smallest absolute Gasteiger partial charge is 0.120 e. The van der Waals surface area contributed by atoms with Gasteiger partial charge in [0.15, 0.2) is 0 Å². The van der Waals surface area contributed by atoms with Crippen LogP contribution in [0.5, 0.6) is 5.75 Å². The summed E-state index contributed by atoms with van der Waals surface area (Å²) >= 11 is 6.37. The third-order valence-corrected chi connectivity index (χ3v) is 4.28. The zero-order valence-corrected chi connectivity index (χ0v) is 13.4. The summed E-state index contributed by atoms with van der Waals surface area (Å²) in [5.74, 6) is 0.769. The number of methoxy groups -OCH3 is 1. The average molecular weight is 318 g/mol. The van der Waals surface area contributed by atoms with Gasteiger partial charge in [-0.3, -0.25) is 4.90 Å². The van der Waals surface area contributed by atoms with Crippen molar-refractivity contribution < 1.29 is 9.47 Å². The van der Waals surface area contributed by atoms with E-state index in [1.807, 2.05) is 24.3 Å². The molecule has 1 heterocycles. The van der Waals surface area contributed by atoms with Crippen molar-refractivity contribution in [2.45, 2.75) is 12.6 Å². The first-order valence-electron chi connectivity index (χ1n) is 7.47. The highest BCUT2D eigenvalue weighted by Gasteiger charge is 2.24. The van der Waals surface area contributed by atoms with Gasteiger partial charge in [0, 0.05) is 25.2 Å². The molecule has 3 rings (SSSR count). The van der Waals surface area contributed by atoms with E-state index in [2.05, 4.69) is 29.2 Å². The lowest BCUT2D eigenvalue weighted by molar-refractivity contribution is -0.0328. The summed E-state index contributed by atoms with van der Waals surface area (Å²) in [6.07, 6.45) is 0.0101. The largest absolute Gasteiger partial charge is 0.497 e. The molecule has 0 aromatic heterocycles. The molecule has 22 heavy (non-hydrogen) atoms. The SMILES string of the molecule is COc1ccc(C2CN(Cc3ccccc3)CCO2)c(Cl)c1. The third kappa shape index (κ3) is 3.61. The van der Waals surface area contributed by atoms with Gasteiger partial charge in [-0.05, 0) is 17.7 Å². The van der Waals surface area contributed by atoms with E-state index >= 15 is 0 Å². The Morgan fingerprint density at radius 2 is 2.05 bits per heavy atom. The fourth-order valence-corrected chi connectivity index (χ4v) is 3.06. The molecule has 1 unspecified atom stereocenters. The van der Waals surface area contributed by atoms with Gasteiger partial charge >= 0.3 is 0 Å². The van der Waals surface area contributed by atoms with Crippen molar-refractivity contribution >= 4 is 11.6 Å². The summed E-state index contributed by atoms with van der Waals surface area (Å²) in [6.45, 7) is 3.45. The van der Waals surface area contributed by atoms with Gasteiger partial charge in [-0.15, -0.1) is 0 Å². The van der Waals surface area contributed by atoms with E-state index in [4.69, 9.17) is 21.1 Å². The van der Waals surface area contributed by atoms with Gasteiger partial charge in [-0.25, -0.2) is 0 Å². The maximum atomic E-state index is 6.37. The number of benzene rings is 2. The van der Waals surface area contributed by atoms with Crippen molar-refractivity contribution in [3.8, 4) is 5.75 Å². The van der Waals surface area contributed by atoms with Gasteiger partial charge in [0.2, 0.25) is 0 Å². The second kappa shape index (κ2) is 7.14. The lowest BCUT2D eigenvalue weighted by atomic mass is 10.1. The van der Waals surface area contributed by atoms with Gasteiger partial charge in [0.25, 0.3) is 0 Å². The number of rotatable bonds is 4. The van der Waals surface area contributed by atoms with Crippen molar-refractivity contribution in [3.63, 3.8) is 0 Å². The zero-order chi connectivity index (χ0) is 15.4. The maximum Gasteiger partial charge on any atom is 0.120 e. The third-order valence-electron chi connectivity index (χ3n) is 3.95. The highest BCUT2D eigenvalue weighted by Crippen LogP contribution is 2.31. The molecular formula is C18H20ClNO2. The van der Waals surface area contributed by atoms with Crippen LogP contribution in [0.25, 0.3) is 0 Å². The molecule has 0 aliphatic carbocycles. The first kappa shape index (κ1) is 15.3. The summed E-state index contributed by atoms with van der Waals surface area (Å²) < 4.78 is 11.1. The molecule has 0 amide bonds. The molecule has 0 N–H and O–H groups in total.